The van der Waals surface area contributed by atoms with E-state index >= 15 is 0 Å². The van der Waals surface area contributed by atoms with Gasteiger partial charge in [-0.3, -0.25) is 0 Å². The lowest BCUT2D eigenvalue weighted by molar-refractivity contribution is 0.573. The summed E-state index contributed by atoms with van der Waals surface area (Å²) in [5, 5.41) is 12.4. The second-order valence-electron chi connectivity index (χ2n) is 5.27. The van der Waals surface area contributed by atoms with Crippen LogP contribution >= 0.6 is 0 Å². The van der Waals surface area contributed by atoms with Gasteiger partial charge in [-0.1, -0.05) is 35.9 Å². The van der Waals surface area contributed by atoms with E-state index in [9.17, 15) is 0 Å². The lowest BCUT2D eigenvalue weighted by atomic mass is 10.0. The minimum absolute atomic E-state index is 0.310. The van der Waals surface area contributed by atoms with Crippen LogP contribution in [0.1, 0.15) is 40.8 Å². The normalized spacial score (nSPS) is 11.9. The van der Waals surface area contributed by atoms with Crippen molar-refractivity contribution in [2.45, 2.75) is 33.4 Å². The predicted molar refractivity (Wildman–Crippen MR) is 82.3 cm³/mol. The number of nitrogens with zero attached hydrogens (tertiary/aromatic N) is 1. The number of rotatable bonds is 4. The maximum absolute atomic E-state index is 8.88. The van der Waals surface area contributed by atoms with Crippen LogP contribution in [0.5, 0.6) is 0 Å². The number of hydrogen-bond donors (Lipinski definition) is 1. The Labute approximate surface area is 121 Å². The summed E-state index contributed by atoms with van der Waals surface area (Å²) in [4.78, 5) is 0. The zero-order chi connectivity index (χ0) is 14.5. The van der Waals surface area contributed by atoms with E-state index in [0.717, 1.165) is 17.7 Å². The standard InChI is InChI=1S/C18H20N2/c1-13-5-4-6-17(9-13)15(3)20-12-18-8-7-16(11-19)10-14(18)2/h4-10,15,20H,12H2,1-3H3/t15-/m0/s1. The molecule has 0 aliphatic heterocycles. The molecule has 102 valence electrons. The fourth-order valence-electron chi connectivity index (χ4n) is 2.28. The first-order valence-electron chi connectivity index (χ1n) is 6.89. The van der Waals surface area contributed by atoms with E-state index in [0.29, 0.717) is 6.04 Å². The Balaban J connectivity index is 2.04. The Morgan fingerprint density at radius 2 is 1.95 bits per heavy atom. The van der Waals surface area contributed by atoms with Gasteiger partial charge >= 0.3 is 0 Å². The van der Waals surface area contributed by atoms with Crippen molar-refractivity contribution >= 4 is 0 Å². The van der Waals surface area contributed by atoms with Crippen molar-refractivity contribution in [2.24, 2.45) is 0 Å². The van der Waals surface area contributed by atoms with Gasteiger partial charge in [-0.05, 0) is 49.6 Å². The highest BCUT2D eigenvalue weighted by Crippen LogP contribution is 2.16. The molecule has 20 heavy (non-hydrogen) atoms. The Kier molecular flexibility index (Phi) is 4.55. The molecule has 2 nitrogen and oxygen atoms in total. The highest BCUT2D eigenvalue weighted by molar-refractivity contribution is 5.37. The van der Waals surface area contributed by atoms with Crippen LogP contribution in [0.25, 0.3) is 0 Å². The number of nitrogens with one attached hydrogen (secondary N) is 1. The Bertz CT molecular complexity index is 638. The average Bonchev–Trinajstić information content (AvgIpc) is 2.45. The Hall–Kier alpha value is -2.11. The van der Waals surface area contributed by atoms with Gasteiger partial charge in [0.05, 0.1) is 11.6 Å². The van der Waals surface area contributed by atoms with Crippen molar-refractivity contribution in [1.82, 2.24) is 5.32 Å². The molecule has 1 atom stereocenters. The molecule has 0 heterocycles. The maximum Gasteiger partial charge on any atom is 0.0991 e. The zero-order valence-electron chi connectivity index (χ0n) is 12.3. The summed E-state index contributed by atoms with van der Waals surface area (Å²) in [6, 6.07) is 16.9. The van der Waals surface area contributed by atoms with E-state index in [2.05, 4.69) is 56.4 Å². The molecule has 2 rings (SSSR count). The van der Waals surface area contributed by atoms with E-state index in [1.807, 2.05) is 18.2 Å². The van der Waals surface area contributed by atoms with Crippen LogP contribution in [-0.4, -0.2) is 0 Å². The minimum Gasteiger partial charge on any atom is -0.306 e. The molecule has 0 aliphatic rings. The fraction of sp³-hybridized carbons (Fsp3) is 0.278. The Morgan fingerprint density at radius 3 is 2.60 bits per heavy atom. The quantitative estimate of drug-likeness (QED) is 0.905. The first-order valence-corrected chi connectivity index (χ1v) is 6.89. The van der Waals surface area contributed by atoms with Crippen LogP contribution in [0.15, 0.2) is 42.5 Å². The molecular formula is C18H20N2. The number of aryl methyl sites for hydroxylation is 2. The molecule has 0 fully saturated rings. The predicted octanol–water partition coefficient (Wildman–Crippen LogP) is 4.03. The summed E-state index contributed by atoms with van der Waals surface area (Å²) < 4.78 is 0. The maximum atomic E-state index is 8.88. The van der Waals surface area contributed by atoms with Crippen molar-refractivity contribution in [2.75, 3.05) is 0 Å². The second kappa shape index (κ2) is 6.36. The molecule has 0 bridgehead atoms. The van der Waals surface area contributed by atoms with Crippen molar-refractivity contribution < 1.29 is 0 Å². The van der Waals surface area contributed by atoms with Crippen LogP contribution in [0.2, 0.25) is 0 Å². The van der Waals surface area contributed by atoms with E-state index in [1.54, 1.807) is 0 Å². The van der Waals surface area contributed by atoms with Crippen molar-refractivity contribution in [3.05, 3.63) is 70.3 Å². The molecule has 0 aliphatic carbocycles. The molecule has 2 aromatic rings. The topological polar surface area (TPSA) is 35.8 Å². The number of hydrogen-bond acceptors (Lipinski definition) is 2. The summed E-state index contributed by atoms with van der Waals surface area (Å²) >= 11 is 0. The molecule has 0 unspecified atom stereocenters. The van der Waals surface area contributed by atoms with Gasteiger partial charge in [0.1, 0.15) is 0 Å². The molecule has 0 spiro atoms. The molecule has 0 amide bonds. The highest BCUT2D eigenvalue weighted by Gasteiger charge is 2.06. The largest absolute Gasteiger partial charge is 0.306 e. The third kappa shape index (κ3) is 3.46. The van der Waals surface area contributed by atoms with Crippen molar-refractivity contribution in [3.63, 3.8) is 0 Å². The second-order valence-corrected chi connectivity index (χ2v) is 5.27. The van der Waals surface area contributed by atoms with Gasteiger partial charge in [0.25, 0.3) is 0 Å². The van der Waals surface area contributed by atoms with Crippen LogP contribution in [0.3, 0.4) is 0 Å². The SMILES string of the molecule is Cc1cccc([C@H](C)NCc2ccc(C#N)cc2C)c1. The number of benzene rings is 2. The molecule has 0 saturated heterocycles. The summed E-state index contributed by atoms with van der Waals surface area (Å²) in [7, 11) is 0. The van der Waals surface area contributed by atoms with Gasteiger partial charge in [-0.15, -0.1) is 0 Å². The average molecular weight is 264 g/mol. The monoisotopic (exact) mass is 264 g/mol. The van der Waals surface area contributed by atoms with E-state index in [4.69, 9.17) is 5.26 Å². The van der Waals surface area contributed by atoms with Gasteiger partial charge in [0.2, 0.25) is 0 Å². The summed E-state index contributed by atoms with van der Waals surface area (Å²) in [5.74, 6) is 0. The van der Waals surface area contributed by atoms with Gasteiger partial charge < -0.3 is 5.32 Å². The van der Waals surface area contributed by atoms with Crippen LogP contribution < -0.4 is 5.32 Å². The zero-order valence-corrected chi connectivity index (χ0v) is 12.3. The Morgan fingerprint density at radius 1 is 1.15 bits per heavy atom. The van der Waals surface area contributed by atoms with Crippen LogP contribution in [-0.2, 0) is 6.54 Å². The lowest BCUT2D eigenvalue weighted by Gasteiger charge is -2.16. The van der Waals surface area contributed by atoms with Gasteiger partial charge in [0.15, 0.2) is 0 Å². The van der Waals surface area contributed by atoms with Gasteiger partial charge in [0, 0.05) is 12.6 Å². The third-order valence-electron chi connectivity index (χ3n) is 3.61. The summed E-state index contributed by atoms with van der Waals surface area (Å²) in [6.07, 6.45) is 0. The summed E-state index contributed by atoms with van der Waals surface area (Å²) in [6.45, 7) is 7.15. The van der Waals surface area contributed by atoms with Crippen molar-refractivity contribution in [3.8, 4) is 6.07 Å². The lowest BCUT2D eigenvalue weighted by Crippen LogP contribution is -2.18. The molecule has 2 aromatic carbocycles. The first-order chi connectivity index (χ1) is 9.60. The molecule has 1 N–H and O–H groups in total. The first kappa shape index (κ1) is 14.3. The fourth-order valence-corrected chi connectivity index (χ4v) is 2.28. The van der Waals surface area contributed by atoms with Crippen LogP contribution in [0, 0.1) is 25.2 Å². The van der Waals surface area contributed by atoms with E-state index < -0.39 is 0 Å². The summed E-state index contributed by atoms with van der Waals surface area (Å²) in [5.41, 5.74) is 5.71. The molecule has 0 aromatic heterocycles. The third-order valence-corrected chi connectivity index (χ3v) is 3.61. The van der Waals surface area contributed by atoms with Crippen LogP contribution in [0.4, 0.5) is 0 Å². The number of nitriles is 1. The molecule has 2 heteroatoms. The molecule has 0 radical (unpaired) electrons. The van der Waals surface area contributed by atoms with Gasteiger partial charge in [-0.25, -0.2) is 0 Å². The van der Waals surface area contributed by atoms with E-state index in [-0.39, 0.29) is 0 Å². The smallest absolute Gasteiger partial charge is 0.0991 e. The molecular weight excluding hydrogens is 244 g/mol. The van der Waals surface area contributed by atoms with Gasteiger partial charge in [-0.2, -0.15) is 5.26 Å². The van der Waals surface area contributed by atoms with Crippen molar-refractivity contribution in [1.29, 1.82) is 5.26 Å². The minimum atomic E-state index is 0.310. The molecule has 0 saturated carbocycles. The highest BCUT2D eigenvalue weighted by atomic mass is 14.9. The van der Waals surface area contributed by atoms with E-state index in [1.165, 1.54) is 16.7 Å².